The van der Waals surface area contributed by atoms with Gasteiger partial charge >= 0.3 is 5.97 Å². The van der Waals surface area contributed by atoms with Crippen LogP contribution in [0.1, 0.15) is 17.3 Å². The fourth-order valence-corrected chi connectivity index (χ4v) is 2.37. The van der Waals surface area contributed by atoms with Crippen molar-refractivity contribution in [1.82, 2.24) is 0 Å². The SMILES string of the molecule is CCOc1cc(C(=O)OCC(=O)Nc2ccc(OC)cc2)c([N+](=O)[O-])cc1OC. The van der Waals surface area contributed by atoms with Gasteiger partial charge in [0.15, 0.2) is 18.1 Å². The van der Waals surface area contributed by atoms with E-state index < -0.39 is 29.1 Å². The van der Waals surface area contributed by atoms with Crippen molar-refractivity contribution in [3.63, 3.8) is 0 Å². The van der Waals surface area contributed by atoms with Crippen molar-refractivity contribution >= 4 is 23.3 Å². The Morgan fingerprint density at radius 3 is 2.31 bits per heavy atom. The molecule has 10 nitrogen and oxygen atoms in total. The minimum absolute atomic E-state index is 0.104. The zero-order valence-corrected chi connectivity index (χ0v) is 16.1. The molecule has 2 aromatic rings. The van der Waals surface area contributed by atoms with Gasteiger partial charge in [-0.3, -0.25) is 14.9 Å². The number of rotatable bonds is 9. The summed E-state index contributed by atoms with van der Waals surface area (Å²) in [6.07, 6.45) is 0. The molecule has 0 aromatic heterocycles. The van der Waals surface area contributed by atoms with Crippen molar-refractivity contribution < 1.29 is 33.5 Å². The molecule has 0 saturated heterocycles. The number of ether oxygens (including phenoxy) is 4. The minimum atomic E-state index is -1.04. The average Bonchev–Trinajstić information content (AvgIpc) is 2.72. The normalized spacial score (nSPS) is 10.0. The summed E-state index contributed by atoms with van der Waals surface area (Å²) in [6.45, 7) is 1.34. The lowest BCUT2D eigenvalue weighted by Crippen LogP contribution is -2.21. The fourth-order valence-electron chi connectivity index (χ4n) is 2.37. The van der Waals surface area contributed by atoms with Crippen LogP contribution < -0.4 is 19.5 Å². The van der Waals surface area contributed by atoms with Crippen LogP contribution in [0.3, 0.4) is 0 Å². The highest BCUT2D eigenvalue weighted by Gasteiger charge is 2.26. The molecule has 154 valence electrons. The molecule has 0 aliphatic heterocycles. The highest BCUT2D eigenvalue weighted by molar-refractivity contribution is 5.98. The van der Waals surface area contributed by atoms with Crippen LogP contribution >= 0.6 is 0 Å². The van der Waals surface area contributed by atoms with E-state index in [0.717, 1.165) is 12.1 Å². The van der Waals surface area contributed by atoms with Crippen LogP contribution in [0.2, 0.25) is 0 Å². The van der Waals surface area contributed by atoms with Crippen LogP contribution in [0.4, 0.5) is 11.4 Å². The summed E-state index contributed by atoms with van der Waals surface area (Å²) in [6, 6.07) is 8.75. The van der Waals surface area contributed by atoms with Gasteiger partial charge in [-0.2, -0.15) is 0 Å². The lowest BCUT2D eigenvalue weighted by Gasteiger charge is -2.12. The Bertz CT molecular complexity index is 896. The smallest absolute Gasteiger partial charge is 0.345 e. The van der Waals surface area contributed by atoms with Gasteiger partial charge in [0.25, 0.3) is 11.6 Å². The number of carbonyl (C=O) groups is 2. The van der Waals surface area contributed by atoms with Gasteiger partial charge in [-0.05, 0) is 31.2 Å². The first-order chi connectivity index (χ1) is 13.9. The van der Waals surface area contributed by atoms with Gasteiger partial charge in [0.1, 0.15) is 11.3 Å². The number of methoxy groups -OCH3 is 2. The van der Waals surface area contributed by atoms with E-state index in [1.54, 1.807) is 31.2 Å². The second-order valence-electron chi connectivity index (χ2n) is 5.56. The molecule has 0 aliphatic carbocycles. The highest BCUT2D eigenvalue weighted by atomic mass is 16.6. The Kier molecular flexibility index (Phi) is 7.35. The largest absolute Gasteiger partial charge is 0.497 e. The topological polar surface area (TPSA) is 126 Å². The Morgan fingerprint density at radius 1 is 1.07 bits per heavy atom. The van der Waals surface area contributed by atoms with Crippen molar-refractivity contribution in [1.29, 1.82) is 0 Å². The predicted molar refractivity (Wildman–Crippen MR) is 103 cm³/mol. The number of benzene rings is 2. The molecular formula is C19H20N2O8. The molecule has 29 heavy (non-hydrogen) atoms. The molecular weight excluding hydrogens is 384 g/mol. The number of hydrogen-bond acceptors (Lipinski definition) is 8. The van der Waals surface area contributed by atoms with E-state index in [1.807, 2.05) is 0 Å². The first-order valence-corrected chi connectivity index (χ1v) is 8.49. The van der Waals surface area contributed by atoms with Gasteiger partial charge in [-0.15, -0.1) is 0 Å². The van der Waals surface area contributed by atoms with Crippen LogP contribution in [-0.2, 0) is 9.53 Å². The quantitative estimate of drug-likeness (QED) is 0.384. The minimum Gasteiger partial charge on any atom is -0.497 e. The molecule has 0 spiro atoms. The monoisotopic (exact) mass is 404 g/mol. The zero-order chi connectivity index (χ0) is 21.4. The lowest BCUT2D eigenvalue weighted by molar-refractivity contribution is -0.385. The number of nitro groups is 1. The molecule has 0 heterocycles. The predicted octanol–water partition coefficient (Wildman–Crippen LogP) is 2.81. The van der Waals surface area contributed by atoms with E-state index >= 15 is 0 Å². The average molecular weight is 404 g/mol. The third-order valence-corrected chi connectivity index (χ3v) is 3.71. The van der Waals surface area contributed by atoms with Gasteiger partial charge < -0.3 is 24.3 Å². The fraction of sp³-hybridized carbons (Fsp3) is 0.263. The van der Waals surface area contributed by atoms with Crippen molar-refractivity contribution in [3.8, 4) is 17.2 Å². The van der Waals surface area contributed by atoms with E-state index in [-0.39, 0.29) is 23.7 Å². The molecule has 0 saturated carbocycles. The Morgan fingerprint density at radius 2 is 1.76 bits per heavy atom. The summed E-state index contributed by atoms with van der Waals surface area (Å²) in [7, 11) is 2.84. The number of nitrogens with one attached hydrogen (secondary N) is 1. The maximum atomic E-state index is 12.3. The molecule has 0 fully saturated rings. The third kappa shape index (κ3) is 5.58. The van der Waals surface area contributed by atoms with Gasteiger partial charge in [0.05, 0.1) is 31.8 Å². The lowest BCUT2D eigenvalue weighted by atomic mass is 10.1. The Hall–Kier alpha value is -3.82. The van der Waals surface area contributed by atoms with Gasteiger partial charge in [0, 0.05) is 11.8 Å². The van der Waals surface area contributed by atoms with Crippen LogP contribution in [-0.4, -0.2) is 44.2 Å². The summed E-state index contributed by atoms with van der Waals surface area (Å²) >= 11 is 0. The van der Waals surface area contributed by atoms with Crippen molar-refractivity contribution in [2.24, 2.45) is 0 Å². The zero-order valence-electron chi connectivity index (χ0n) is 16.1. The van der Waals surface area contributed by atoms with E-state index in [1.165, 1.54) is 14.2 Å². The number of carbonyl (C=O) groups excluding carboxylic acids is 2. The standard InChI is InChI=1S/C19H20N2O8/c1-4-28-17-9-14(15(21(24)25)10-16(17)27-3)19(23)29-11-18(22)20-12-5-7-13(26-2)8-6-12/h5-10H,4,11H2,1-3H3,(H,20,22). The summed E-state index contributed by atoms with van der Waals surface area (Å²) in [4.78, 5) is 34.9. The molecule has 2 rings (SSSR count). The number of hydrogen-bond donors (Lipinski definition) is 1. The van der Waals surface area contributed by atoms with E-state index in [2.05, 4.69) is 5.32 Å². The van der Waals surface area contributed by atoms with Crippen molar-refractivity contribution in [2.75, 3.05) is 32.8 Å². The molecule has 1 amide bonds. The molecule has 0 radical (unpaired) electrons. The first-order valence-electron chi connectivity index (χ1n) is 8.49. The number of anilines is 1. The van der Waals surface area contributed by atoms with E-state index in [4.69, 9.17) is 18.9 Å². The van der Waals surface area contributed by atoms with Crippen LogP contribution in [0, 0.1) is 10.1 Å². The van der Waals surface area contributed by atoms with E-state index in [9.17, 15) is 19.7 Å². The molecule has 0 bridgehead atoms. The first kappa shape index (κ1) is 21.5. The van der Waals surface area contributed by atoms with Gasteiger partial charge in [-0.25, -0.2) is 4.79 Å². The van der Waals surface area contributed by atoms with Crippen molar-refractivity contribution in [3.05, 3.63) is 52.1 Å². The summed E-state index contributed by atoms with van der Waals surface area (Å²) < 4.78 is 20.3. The summed E-state index contributed by atoms with van der Waals surface area (Å²) in [5.74, 6) is -0.774. The molecule has 2 aromatic carbocycles. The number of nitro benzene ring substituents is 1. The molecule has 0 atom stereocenters. The third-order valence-electron chi connectivity index (χ3n) is 3.71. The second kappa shape index (κ2) is 9.93. The maximum absolute atomic E-state index is 12.3. The van der Waals surface area contributed by atoms with Crippen LogP contribution in [0.15, 0.2) is 36.4 Å². The molecule has 1 N–H and O–H groups in total. The van der Waals surface area contributed by atoms with Crippen LogP contribution in [0.25, 0.3) is 0 Å². The summed E-state index contributed by atoms with van der Waals surface area (Å²) in [5.41, 5.74) is -0.400. The molecule has 0 unspecified atom stereocenters. The summed E-state index contributed by atoms with van der Waals surface area (Å²) in [5, 5.41) is 13.8. The number of amides is 1. The number of nitrogens with zero attached hydrogens (tertiary/aromatic N) is 1. The molecule has 10 heteroatoms. The van der Waals surface area contributed by atoms with Gasteiger partial charge in [0.2, 0.25) is 0 Å². The maximum Gasteiger partial charge on any atom is 0.345 e. The van der Waals surface area contributed by atoms with E-state index in [0.29, 0.717) is 11.4 Å². The second-order valence-corrected chi connectivity index (χ2v) is 5.56. The van der Waals surface area contributed by atoms with Crippen molar-refractivity contribution in [2.45, 2.75) is 6.92 Å². The molecule has 0 aliphatic rings. The Balaban J connectivity index is 2.11. The number of esters is 1. The van der Waals surface area contributed by atoms with Gasteiger partial charge in [-0.1, -0.05) is 0 Å². The highest BCUT2D eigenvalue weighted by Crippen LogP contribution is 2.35. The van der Waals surface area contributed by atoms with Crippen LogP contribution in [0.5, 0.6) is 17.2 Å². The Labute approximate surface area is 166 Å².